The first-order chi connectivity index (χ1) is 14.5. The van der Waals surface area contributed by atoms with Gasteiger partial charge in [-0.2, -0.15) is 4.31 Å². The maximum atomic E-state index is 13.0. The van der Waals surface area contributed by atoms with Crippen molar-refractivity contribution in [1.82, 2.24) is 9.29 Å². The highest BCUT2D eigenvalue weighted by Crippen LogP contribution is 2.37. The topological polar surface area (TPSA) is 68.7 Å². The summed E-state index contributed by atoms with van der Waals surface area (Å²) in [7, 11) is -3.45. The van der Waals surface area contributed by atoms with E-state index >= 15 is 0 Å². The minimum Gasteiger partial charge on any atom is -0.454 e. The molecule has 2 aliphatic rings. The van der Waals surface area contributed by atoms with Gasteiger partial charge in [0.15, 0.2) is 11.5 Å². The molecule has 3 heterocycles. The Morgan fingerprint density at radius 2 is 1.57 bits per heavy atom. The fourth-order valence-electron chi connectivity index (χ4n) is 4.16. The number of benzene rings is 2. The molecule has 0 saturated carbocycles. The Morgan fingerprint density at radius 1 is 0.900 bits per heavy atom. The summed E-state index contributed by atoms with van der Waals surface area (Å²) in [5.41, 5.74) is 3.59. The molecule has 30 heavy (non-hydrogen) atoms. The number of pyridine rings is 1. The second-order valence-electron chi connectivity index (χ2n) is 7.89. The van der Waals surface area contributed by atoms with E-state index in [-0.39, 0.29) is 6.79 Å². The molecule has 0 N–H and O–H groups in total. The molecule has 7 heteroatoms. The first-order valence-electron chi connectivity index (χ1n) is 10.3. The van der Waals surface area contributed by atoms with E-state index in [2.05, 4.69) is 0 Å². The average Bonchev–Trinajstić information content (AvgIpc) is 3.02. The van der Waals surface area contributed by atoms with Gasteiger partial charge in [-0.05, 0) is 49.6 Å². The Kier molecular flexibility index (Phi) is 4.87. The lowest BCUT2D eigenvalue weighted by molar-refractivity contribution is 0.174. The van der Waals surface area contributed by atoms with Crippen molar-refractivity contribution in [2.75, 3.05) is 19.9 Å². The van der Waals surface area contributed by atoms with Crippen molar-refractivity contribution < 1.29 is 17.9 Å². The summed E-state index contributed by atoms with van der Waals surface area (Å²) in [6, 6.07) is 12.9. The summed E-state index contributed by atoms with van der Waals surface area (Å²) >= 11 is 0. The van der Waals surface area contributed by atoms with Crippen LogP contribution in [0.2, 0.25) is 0 Å². The molecule has 3 aromatic rings. The molecule has 1 aromatic heterocycles. The molecular weight excluding hydrogens is 400 g/mol. The normalized spacial score (nSPS) is 17.2. The maximum absolute atomic E-state index is 13.0. The van der Waals surface area contributed by atoms with Gasteiger partial charge in [0.25, 0.3) is 0 Å². The molecular formula is C23H24N2O4S. The molecule has 0 aliphatic carbocycles. The zero-order valence-corrected chi connectivity index (χ0v) is 17.7. The van der Waals surface area contributed by atoms with Gasteiger partial charge in [0, 0.05) is 30.1 Å². The SMILES string of the molecule is Cc1cc(-c2ccc(S(=O)(=O)N3CCCCCC3)cc2)nc2cc3c(cc12)OCO3. The van der Waals surface area contributed by atoms with Crippen LogP contribution in [0.5, 0.6) is 11.5 Å². The predicted molar refractivity (Wildman–Crippen MR) is 115 cm³/mol. The van der Waals surface area contributed by atoms with Gasteiger partial charge < -0.3 is 9.47 Å². The zero-order valence-electron chi connectivity index (χ0n) is 16.9. The van der Waals surface area contributed by atoms with Crippen molar-refractivity contribution in [1.29, 1.82) is 0 Å². The van der Waals surface area contributed by atoms with E-state index in [1.807, 2.05) is 37.3 Å². The van der Waals surface area contributed by atoms with Gasteiger partial charge in [-0.1, -0.05) is 25.0 Å². The fraction of sp³-hybridized carbons (Fsp3) is 0.348. The van der Waals surface area contributed by atoms with Gasteiger partial charge in [0.2, 0.25) is 16.8 Å². The first kappa shape index (κ1) is 19.3. The number of ether oxygens (including phenoxy) is 2. The van der Waals surface area contributed by atoms with Crippen molar-refractivity contribution in [3.63, 3.8) is 0 Å². The minimum absolute atomic E-state index is 0.227. The van der Waals surface area contributed by atoms with E-state index in [9.17, 15) is 8.42 Å². The third kappa shape index (κ3) is 3.42. The van der Waals surface area contributed by atoms with E-state index < -0.39 is 10.0 Å². The molecule has 6 nitrogen and oxygen atoms in total. The Hall–Kier alpha value is -2.64. The van der Waals surface area contributed by atoms with Crippen molar-refractivity contribution >= 4 is 20.9 Å². The number of aromatic nitrogens is 1. The van der Waals surface area contributed by atoms with Crippen LogP contribution < -0.4 is 9.47 Å². The number of sulfonamides is 1. The van der Waals surface area contributed by atoms with Crippen LogP contribution in [0.4, 0.5) is 0 Å². The van der Waals surface area contributed by atoms with Gasteiger partial charge in [0.1, 0.15) is 0 Å². The molecule has 0 amide bonds. The van der Waals surface area contributed by atoms with Crippen LogP contribution in [0, 0.1) is 6.92 Å². The Labute approximate surface area is 176 Å². The van der Waals surface area contributed by atoms with Gasteiger partial charge in [0.05, 0.1) is 16.1 Å². The molecule has 2 aliphatic heterocycles. The number of hydrogen-bond donors (Lipinski definition) is 0. The molecule has 0 radical (unpaired) electrons. The largest absolute Gasteiger partial charge is 0.454 e. The first-order valence-corrected chi connectivity index (χ1v) is 11.8. The third-order valence-corrected chi connectivity index (χ3v) is 7.78. The lowest BCUT2D eigenvalue weighted by Gasteiger charge is -2.20. The molecule has 0 spiro atoms. The van der Waals surface area contributed by atoms with E-state index in [1.165, 1.54) is 0 Å². The van der Waals surface area contributed by atoms with Crippen LogP contribution in [0.3, 0.4) is 0 Å². The molecule has 1 saturated heterocycles. The highest BCUT2D eigenvalue weighted by atomic mass is 32.2. The summed E-state index contributed by atoms with van der Waals surface area (Å²) in [6.45, 7) is 3.47. The average molecular weight is 425 g/mol. The number of rotatable bonds is 3. The van der Waals surface area contributed by atoms with E-state index in [0.717, 1.165) is 59.2 Å². The second-order valence-corrected chi connectivity index (χ2v) is 9.83. The second kappa shape index (κ2) is 7.56. The number of nitrogens with zero attached hydrogens (tertiary/aromatic N) is 2. The minimum atomic E-state index is -3.45. The van der Waals surface area contributed by atoms with Crippen LogP contribution in [0.1, 0.15) is 31.2 Å². The van der Waals surface area contributed by atoms with Crippen molar-refractivity contribution in [2.45, 2.75) is 37.5 Å². The zero-order chi connectivity index (χ0) is 20.7. The van der Waals surface area contributed by atoms with Crippen molar-refractivity contribution in [2.24, 2.45) is 0 Å². The summed E-state index contributed by atoms with van der Waals surface area (Å²) in [5, 5.41) is 1.02. The quantitative estimate of drug-likeness (QED) is 0.619. The Bertz CT molecular complexity index is 1200. The maximum Gasteiger partial charge on any atom is 0.243 e. The van der Waals surface area contributed by atoms with Gasteiger partial charge >= 0.3 is 0 Å². The van der Waals surface area contributed by atoms with Crippen molar-refractivity contribution in [3.05, 3.63) is 48.0 Å². The Morgan fingerprint density at radius 3 is 2.27 bits per heavy atom. The highest BCUT2D eigenvalue weighted by Gasteiger charge is 2.25. The summed E-state index contributed by atoms with van der Waals surface area (Å²) in [6.07, 6.45) is 4.04. The standard InChI is InChI=1S/C23H24N2O4S/c1-16-12-20(24-21-14-23-22(13-19(16)21)28-15-29-23)17-6-8-18(9-7-17)30(26,27)25-10-4-2-3-5-11-25/h6-9,12-14H,2-5,10-11,15H2,1H3. The molecule has 0 unspecified atom stereocenters. The monoisotopic (exact) mass is 424 g/mol. The third-order valence-electron chi connectivity index (χ3n) is 5.86. The molecule has 156 valence electrons. The number of aryl methyl sites for hydroxylation is 1. The van der Waals surface area contributed by atoms with Crippen LogP contribution >= 0.6 is 0 Å². The van der Waals surface area contributed by atoms with E-state index in [1.54, 1.807) is 16.4 Å². The fourth-order valence-corrected chi connectivity index (χ4v) is 5.68. The smallest absolute Gasteiger partial charge is 0.243 e. The Balaban J connectivity index is 1.48. The van der Waals surface area contributed by atoms with Crippen LogP contribution in [0.25, 0.3) is 22.2 Å². The number of hydrogen-bond acceptors (Lipinski definition) is 5. The summed E-state index contributed by atoms with van der Waals surface area (Å²) in [4.78, 5) is 5.12. The lowest BCUT2D eigenvalue weighted by Crippen LogP contribution is -2.31. The highest BCUT2D eigenvalue weighted by molar-refractivity contribution is 7.89. The van der Waals surface area contributed by atoms with E-state index in [4.69, 9.17) is 14.5 Å². The molecule has 2 aromatic carbocycles. The molecule has 1 fully saturated rings. The van der Waals surface area contributed by atoms with Crippen LogP contribution in [-0.4, -0.2) is 37.6 Å². The molecule has 0 bridgehead atoms. The summed E-state index contributed by atoms with van der Waals surface area (Å²) < 4.78 is 38.6. The van der Waals surface area contributed by atoms with Crippen molar-refractivity contribution in [3.8, 4) is 22.8 Å². The van der Waals surface area contributed by atoms with Gasteiger partial charge in [-0.25, -0.2) is 13.4 Å². The van der Waals surface area contributed by atoms with Gasteiger partial charge in [-0.15, -0.1) is 0 Å². The van der Waals surface area contributed by atoms with E-state index in [0.29, 0.717) is 23.7 Å². The molecule has 0 atom stereocenters. The van der Waals surface area contributed by atoms with Crippen LogP contribution in [-0.2, 0) is 10.0 Å². The number of fused-ring (bicyclic) bond motifs is 2. The van der Waals surface area contributed by atoms with Gasteiger partial charge in [-0.3, -0.25) is 0 Å². The van der Waals surface area contributed by atoms with Crippen LogP contribution in [0.15, 0.2) is 47.4 Å². The molecule has 5 rings (SSSR count). The summed E-state index contributed by atoms with van der Waals surface area (Å²) in [5.74, 6) is 1.44. The predicted octanol–water partition coefficient (Wildman–Crippen LogP) is 4.50. The lowest BCUT2D eigenvalue weighted by atomic mass is 10.0.